The summed E-state index contributed by atoms with van der Waals surface area (Å²) >= 11 is 5.49. The van der Waals surface area contributed by atoms with Gasteiger partial charge < -0.3 is 24.8 Å². The van der Waals surface area contributed by atoms with Gasteiger partial charge in [0.15, 0.2) is 5.11 Å². The lowest BCUT2D eigenvalue weighted by molar-refractivity contribution is 0.118. The Morgan fingerprint density at radius 3 is 2.35 bits per heavy atom. The Labute approximate surface area is 187 Å². The van der Waals surface area contributed by atoms with Crippen molar-refractivity contribution < 1.29 is 14.2 Å². The third kappa shape index (κ3) is 7.04. The molecule has 1 aliphatic heterocycles. The molecule has 1 aromatic heterocycles. The first-order valence-corrected chi connectivity index (χ1v) is 10.4. The summed E-state index contributed by atoms with van der Waals surface area (Å²) in [4.78, 5) is 13.5. The summed E-state index contributed by atoms with van der Waals surface area (Å²) in [5.41, 5.74) is 2.44. The maximum atomic E-state index is 5.67. The molecule has 0 radical (unpaired) electrons. The van der Waals surface area contributed by atoms with Crippen LogP contribution in [0.15, 0.2) is 29.3 Å². The molecule has 1 aliphatic rings. The molecule has 0 aliphatic carbocycles. The van der Waals surface area contributed by atoms with Crippen LogP contribution in [0.5, 0.6) is 11.5 Å². The zero-order chi connectivity index (χ0) is 22.2. The number of aryl methyl sites for hydroxylation is 2. The van der Waals surface area contributed by atoms with Gasteiger partial charge in [-0.05, 0) is 45.0 Å². The lowest BCUT2D eigenvalue weighted by Gasteiger charge is -2.16. The summed E-state index contributed by atoms with van der Waals surface area (Å²) in [6, 6.07) is 7.33. The molecule has 9 nitrogen and oxygen atoms in total. The average Bonchev–Trinajstić information content (AvgIpc) is 3.24. The average molecular weight is 445 g/mol. The molecule has 1 atom stereocenters. The molecule has 1 saturated heterocycles. The van der Waals surface area contributed by atoms with Crippen LogP contribution in [0.1, 0.15) is 24.2 Å². The number of methoxy groups -OCH3 is 2. The number of benzene rings is 1. The van der Waals surface area contributed by atoms with E-state index in [2.05, 4.69) is 30.9 Å². The number of nitrogens with one attached hydrogen (secondary N) is 3. The number of nitrogens with zero attached hydrogens (tertiary/aromatic N) is 3. The Kier molecular flexibility index (Phi) is 7.96. The number of aromatic nitrogens is 2. The van der Waals surface area contributed by atoms with Crippen molar-refractivity contribution >= 4 is 34.9 Å². The quantitative estimate of drug-likeness (QED) is 0.352. The first-order chi connectivity index (χ1) is 14.9. The van der Waals surface area contributed by atoms with E-state index in [1.54, 1.807) is 20.3 Å². The van der Waals surface area contributed by atoms with Gasteiger partial charge in [0.25, 0.3) is 0 Å². The Bertz CT molecular complexity index is 904. The molecule has 0 saturated carbocycles. The first-order valence-electron chi connectivity index (χ1n) is 10.0. The molecule has 1 unspecified atom stereocenters. The van der Waals surface area contributed by atoms with Gasteiger partial charge in [-0.15, -0.1) is 0 Å². The Morgan fingerprint density at radius 2 is 1.77 bits per heavy atom. The monoisotopic (exact) mass is 444 g/mol. The molecule has 10 heteroatoms. The maximum Gasteiger partial charge on any atom is 0.229 e. The highest BCUT2D eigenvalue weighted by atomic mass is 32.1. The minimum Gasteiger partial charge on any atom is -0.497 e. The van der Waals surface area contributed by atoms with Gasteiger partial charge in [0, 0.05) is 41.9 Å². The van der Waals surface area contributed by atoms with Crippen molar-refractivity contribution in [1.82, 2.24) is 15.3 Å². The van der Waals surface area contributed by atoms with Crippen LogP contribution in [0.3, 0.4) is 0 Å². The van der Waals surface area contributed by atoms with Crippen molar-refractivity contribution in [3.63, 3.8) is 0 Å². The van der Waals surface area contributed by atoms with Crippen LogP contribution < -0.4 is 25.4 Å². The second kappa shape index (κ2) is 10.9. The second-order valence-electron chi connectivity index (χ2n) is 7.10. The van der Waals surface area contributed by atoms with E-state index < -0.39 is 0 Å². The molecule has 2 aromatic rings. The van der Waals surface area contributed by atoms with Gasteiger partial charge in [-0.2, -0.15) is 0 Å². The number of thiocarbonyl (C=S) groups is 1. The number of hydrogen-bond donors (Lipinski definition) is 3. The van der Waals surface area contributed by atoms with Crippen LogP contribution in [0.25, 0.3) is 0 Å². The molecule has 166 valence electrons. The van der Waals surface area contributed by atoms with Crippen LogP contribution in [0, 0.1) is 13.8 Å². The highest BCUT2D eigenvalue weighted by molar-refractivity contribution is 7.80. The number of guanidine groups is 1. The molecule has 3 rings (SSSR count). The van der Waals surface area contributed by atoms with Gasteiger partial charge in [0.05, 0.1) is 26.9 Å². The molecule has 0 amide bonds. The molecule has 2 heterocycles. The van der Waals surface area contributed by atoms with Crippen LogP contribution in [-0.4, -0.2) is 54.5 Å². The van der Waals surface area contributed by atoms with Crippen LogP contribution in [0.2, 0.25) is 0 Å². The van der Waals surface area contributed by atoms with Crippen molar-refractivity contribution in [2.24, 2.45) is 4.99 Å². The van der Waals surface area contributed by atoms with Crippen LogP contribution >= 0.6 is 12.2 Å². The van der Waals surface area contributed by atoms with E-state index in [4.69, 9.17) is 26.4 Å². The fourth-order valence-corrected chi connectivity index (χ4v) is 3.34. The van der Waals surface area contributed by atoms with Crippen molar-refractivity contribution in [3.8, 4) is 11.5 Å². The summed E-state index contributed by atoms with van der Waals surface area (Å²) in [5, 5.41) is 9.70. The van der Waals surface area contributed by atoms with Gasteiger partial charge in [-0.25, -0.2) is 15.0 Å². The zero-order valence-electron chi connectivity index (χ0n) is 18.2. The number of rotatable bonds is 6. The SMILES string of the molecule is COc1cc(NC(=S)NC(=NCC2CCCO2)Nc2nc(C)cc(C)n2)cc(OC)c1. The molecule has 1 fully saturated rings. The summed E-state index contributed by atoms with van der Waals surface area (Å²) in [5.74, 6) is 2.19. The fourth-order valence-electron chi connectivity index (χ4n) is 3.13. The van der Waals surface area contributed by atoms with E-state index >= 15 is 0 Å². The number of aliphatic imine (C=N–C) groups is 1. The second-order valence-corrected chi connectivity index (χ2v) is 7.51. The number of hydrogen-bond acceptors (Lipinski definition) is 7. The van der Waals surface area contributed by atoms with E-state index in [0.29, 0.717) is 35.1 Å². The molecule has 3 N–H and O–H groups in total. The molecular weight excluding hydrogens is 416 g/mol. The maximum absolute atomic E-state index is 5.67. The zero-order valence-corrected chi connectivity index (χ0v) is 19.0. The molecule has 0 bridgehead atoms. The predicted octanol–water partition coefficient (Wildman–Crippen LogP) is 3.04. The molecular formula is C21H28N6O3S. The van der Waals surface area contributed by atoms with Gasteiger partial charge >= 0.3 is 0 Å². The first kappa shape index (κ1) is 22.7. The van der Waals surface area contributed by atoms with E-state index in [0.717, 1.165) is 36.5 Å². The number of ether oxygens (including phenoxy) is 3. The Balaban J connectivity index is 1.73. The smallest absolute Gasteiger partial charge is 0.229 e. The standard InChI is InChI=1S/C21H28N6O3S/c1-13-8-14(2)24-20(23-13)26-19(22-12-16-6-5-7-30-16)27-21(31)25-15-9-17(28-3)11-18(10-15)29-4/h8-11,16H,5-7,12H2,1-4H3,(H3,22,23,24,25,26,27,31). The third-order valence-electron chi connectivity index (χ3n) is 4.53. The Morgan fingerprint density at radius 1 is 1.10 bits per heavy atom. The predicted molar refractivity (Wildman–Crippen MR) is 125 cm³/mol. The highest BCUT2D eigenvalue weighted by Gasteiger charge is 2.16. The minimum absolute atomic E-state index is 0.0999. The minimum atomic E-state index is 0.0999. The highest BCUT2D eigenvalue weighted by Crippen LogP contribution is 2.25. The van der Waals surface area contributed by atoms with E-state index in [-0.39, 0.29) is 6.10 Å². The van der Waals surface area contributed by atoms with Crippen molar-refractivity contribution in [1.29, 1.82) is 0 Å². The van der Waals surface area contributed by atoms with Gasteiger partial charge in [0.2, 0.25) is 11.9 Å². The topological polar surface area (TPSA) is 102 Å². The molecule has 1 aromatic carbocycles. The lowest BCUT2D eigenvalue weighted by Crippen LogP contribution is -2.39. The fraction of sp³-hybridized carbons (Fsp3) is 0.429. The van der Waals surface area contributed by atoms with E-state index in [1.165, 1.54) is 0 Å². The van der Waals surface area contributed by atoms with E-state index in [9.17, 15) is 0 Å². The van der Waals surface area contributed by atoms with Crippen molar-refractivity contribution in [3.05, 3.63) is 35.7 Å². The van der Waals surface area contributed by atoms with Crippen LogP contribution in [0.4, 0.5) is 11.6 Å². The summed E-state index contributed by atoms with van der Waals surface area (Å²) in [6.45, 7) is 5.11. The Hall–Kier alpha value is -2.98. The van der Waals surface area contributed by atoms with Gasteiger partial charge in [0.1, 0.15) is 11.5 Å². The molecule has 31 heavy (non-hydrogen) atoms. The summed E-state index contributed by atoms with van der Waals surface area (Å²) in [6.07, 6.45) is 2.14. The molecule has 0 spiro atoms. The number of anilines is 2. The normalized spacial score (nSPS) is 16.0. The third-order valence-corrected chi connectivity index (χ3v) is 4.73. The van der Waals surface area contributed by atoms with Crippen molar-refractivity contribution in [2.45, 2.75) is 32.8 Å². The lowest BCUT2D eigenvalue weighted by atomic mass is 10.2. The van der Waals surface area contributed by atoms with Gasteiger partial charge in [-0.3, -0.25) is 5.32 Å². The summed E-state index contributed by atoms with van der Waals surface area (Å²) < 4.78 is 16.3. The van der Waals surface area contributed by atoms with Gasteiger partial charge in [-0.1, -0.05) is 0 Å². The summed E-state index contributed by atoms with van der Waals surface area (Å²) in [7, 11) is 3.19. The van der Waals surface area contributed by atoms with Crippen molar-refractivity contribution in [2.75, 3.05) is 38.0 Å². The van der Waals surface area contributed by atoms with Crippen LogP contribution in [-0.2, 0) is 4.74 Å². The van der Waals surface area contributed by atoms with E-state index in [1.807, 2.05) is 32.0 Å². The largest absolute Gasteiger partial charge is 0.497 e.